The number of halogens is 4. The zero-order valence-corrected chi connectivity index (χ0v) is 12.3. The average molecular weight is 336 g/mol. The van der Waals surface area contributed by atoms with Crippen molar-refractivity contribution in [1.29, 1.82) is 0 Å². The molecule has 2 rings (SSSR count). The Hall–Kier alpha value is -1.76. The normalized spacial score (nSPS) is 22.0. The van der Waals surface area contributed by atoms with Gasteiger partial charge < -0.3 is 10.0 Å². The summed E-state index contributed by atoms with van der Waals surface area (Å²) in [5.74, 6) is -2.58. The van der Waals surface area contributed by atoms with Crippen LogP contribution in [0.2, 0.25) is 5.02 Å². The van der Waals surface area contributed by atoms with Gasteiger partial charge in [-0.2, -0.15) is 13.2 Å². The molecule has 1 saturated heterocycles. The van der Waals surface area contributed by atoms with Crippen molar-refractivity contribution in [1.82, 2.24) is 4.90 Å². The Kier molecular flexibility index (Phi) is 4.12. The number of hydrogen-bond donors (Lipinski definition) is 1. The highest BCUT2D eigenvalue weighted by molar-refractivity contribution is 6.30. The molecular weight excluding hydrogens is 323 g/mol. The van der Waals surface area contributed by atoms with E-state index in [2.05, 4.69) is 0 Å². The fourth-order valence-corrected chi connectivity index (χ4v) is 2.77. The first kappa shape index (κ1) is 16.6. The molecule has 0 bridgehead atoms. The van der Waals surface area contributed by atoms with Crippen LogP contribution in [0.1, 0.15) is 22.3 Å². The van der Waals surface area contributed by atoms with E-state index >= 15 is 0 Å². The summed E-state index contributed by atoms with van der Waals surface area (Å²) in [4.78, 5) is 24.4. The minimum absolute atomic E-state index is 0.216. The molecule has 1 aliphatic rings. The van der Waals surface area contributed by atoms with E-state index in [1.54, 1.807) is 6.92 Å². The minimum Gasteiger partial charge on any atom is -0.481 e. The summed E-state index contributed by atoms with van der Waals surface area (Å²) in [5, 5.41) is 9.39. The molecule has 1 aromatic carbocycles. The van der Waals surface area contributed by atoms with Crippen molar-refractivity contribution in [2.24, 2.45) is 5.41 Å². The highest BCUT2D eigenvalue weighted by Crippen LogP contribution is 2.46. The van der Waals surface area contributed by atoms with Gasteiger partial charge in [-0.05, 0) is 37.1 Å². The maximum Gasteiger partial charge on any atom is 0.406 e. The molecule has 8 heteroatoms. The van der Waals surface area contributed by atoms with Crippen LogP contribution in [0, 0.1) is 12.3 Å². The van der Waals surface area contributed by atoms with E-state index in [0.29, 0.717) is 10.6 Å². The van der Waals surface area contributed by atoms with Crippen LogP contribution in [-0.2, 0) is 4.79 Å². The van der Waals surface area contributed by atoms with Crippen molar-refractivity contribution in [3.8, 4) is 0 Å². The fourth-order valence-electron chi connectivity index (χ4n) is 2.55. The Labute approximate surface area is 129 Å². The molecule has 0 spiro atoms. The second-order valence-electron chi connectivity index (χ2n) is 5.32. The summed E-state index contributed by atoms with van der Waals surface area (Å²) in [6.45, 7) is 0.475. The molecule has 1 heterocycles. The van der Waals surface area contributed by atoms with Crippen LogP contribution in [-0.4, -0.2) is 41.1 Å². The molecule has 1 aliphatic heterocycles. The van der Waals surface area contributed by atoms with Crippen LogP contribution in [0.15, 0.2) is 18.2 Å². The van der Waals surface area contributed by atoms with Gasteiger partial charge in [0.25, 0.3) is 5.91 Å². The summed E-state index contributed by atoms with van der Waals surface area (Å²) >= 11 is 5.78. The number of carbonyl (C=O) groups excluding carboxylic acids is 1. The molecule has 120 valence electrons. The zero-order valence-electron chi connectivity index (χ0n) is 11.6. The summed E-state index contributed by atoms with van der Waals surface area (Å²) in [7, 11) is 0. The highest BCUT2D eigenvalue weighted by Gasteiger charge is 2.64. The lowest BCUT2D eigenvalue weighted by atomic mass is 9.86. The Morgan fingerprint density at radius 3 is 2.45 bits per heavy atom. The standard InChI is InChI=1S/C14H13ClF3NO3/c1-8-6-9(15)2-3-10(8)11(20)19-5-4-13(7-19,12(21)22)14(16,17)18/h2-3,6H,4-5,7H2,1H3,(H,21,22). The maximum atomic E-state index is 13.1. The van der Waals surface area contributed by atoms with Gasteiger partial charge in [0, 0.05) is 23.7 Å². The first-order valence-electron chi connectivity index (χ1n) is 6.44. The van der Waals surface area contributed by atoms with E-state index < -0.39 is 36.4 Å². The molecule has 1 fully saturated rings. The van der Waals surface area contributed by atoms with Crippen LogP contribution >= 0.6 is 11.6 Å². The molecule has 1 N–H and O–H groups in total. The summed E-state index contributed by atoms with van der Waals surface area (Å²) < 4.78 is 39.3. The van der Waals surface area contributed by atoms with Crippen molar-refractivity contribution in [3.63, 3.8) is 0 Å². The van der Waals surface area contributed by atoms with Crippen molar-refractivity contribution >= 4 is 23.5 Å². The van der Waals surface area contributed by atoms with Gasteiger partial charge in [-0.1, -0.05) is 11.6 Å². The largest absolute Gasteiger partial charge is 0.481 e. The molecule has 0 radical (unpaired) electrons. The van der Waals surface area contributed by atoms with Crippen molar-refractivity contribution in [2.75, 3.05) is 13.1 Å². The van der Waals surface area contributed by atoms with Crippen LogP contribution in [0.5, 0.6) is 0 Å². The molecule has 0 saturated carbocycles. The monoisotopic (exact) mass is 335 g/mol. The first-order chi connectivity index (χ1) is 10.1. The predicted octanol–water partition coefficient (Wildman–Crippen LogP) is 3.13. The quantitative estimate of drug-likeness (QED) is 0.903. The number of nitrogens with zero attached hydrogens (tertiary/aromatic N) is 1. The van der Waals surface area contributed by atoms with E-state index in [4.69, 9.17) is 16.7 Å². The number of aryl methyl sites for hydroxylation is 1. The third-order valence-electron chi connectivity index (χ3n) is 3.93. The van der Waals surface area contributed by atoms with Gasteiger partial charge in [0.05, 0.1) is 0 Å². The van der Waals surface area contributed by atoms with Crippen molar-refractivity contribution in [2.45, 2.75) is 19.5 Å². The number of amides is 1. The molecule has 1 amide bonds. The lowest BCUT2D eigenvalue weighted by molar-refractivity contribution is -0.227. The molecule has 1 atom stereocenters. The van der Waals surface area contributed by atoms with Crippen LogP contribution in [0.3, 0.4) is 0 Å². The third-order valence-corrected chi connectivity index (χ3v) is 4.16. The van der Waals surface area contributed by atoms with Crippen molar-refractivity contribution in [3.05, 3.63) is 34.3 Å². The number of alkyl halides is 3. The zero-order chi connectivity index (χ0) is 16.7. The van der Waals surface area contributed by atoms with Gasteiger partial charge in [0.2, 0.25) is 0 Å². The summed E-state index contributed by atoms with van der Waals surface area (Å²) in [6.07, 6.45) is -5.56. The smallest absolute Gasteiger partial charge is 0.406 e. The number of likely N-dealkylation sites (tertiary alicyclic amines) is 1. The van der Waals surface area contributed by atoms with Crippen LogP contribution in [0.4, 0.5) is 13.2 Å². The lowest BCUT2D eigenvalue weighted by Crippen LogP contribution is -2.47. The highest BCUT2D eigenvalue weighted by atomic mass is 35.5. The molecule has 1 unspecified atom stereocenters. The number of carboxylic acids is 1. The SMILES string of the molecule is Cc1cc(Cl)ccc1C(=O)N1CCC(C(=O)O)(C(F)(F)F)C1. The minimum atomic E-state index is -4.91. The van der Waals surface area contributed by atoms with E-state index in [0.717, 1.165) is 4.90 Å². The maximum absolute atomic E-state index is 13.1. The van der Waals surface area contributed by atoms with Gasteiger partial charge in [-0.25, -0.2) is 0 Å². The van der Waals surface area contributed by atoms with Gasteiger partial charge >= 0.3 is 12.1 Å². The third kappa shape index (κ3) is 2.65. The topological polar surface area (TPSA) is 57.6 Å². The number of carboxylic acid groups (broad SMARTS) is 1. The number of aliphatic carboxylic acids is 1. The Morgan fingerprint density at radius 1 is 1.36 bits per heavy atom. The average Bonchev–Trinajstić information content (AvgIpc) is 2.83. The van der Waals surface area contributed by atoms with Crippen LogP contribution in [0.25, 0.3) is 0 Å². The molecule has 22 heavy (non-hydrogen) atoms. The first-order valence-corrected chi connectivity index (χ1v) is 6.82. The van der Waals surface area contributed by atoms with Crippen LogP contribution < -0.4 is 0 Å². The number of carbonyl (C=O) groups is 2. The number of hydrogen-bond acceptors (Lipinski definition) is 2. The summed E-state index contributed by atoms with van der Waals surface area (Å²) in [6, 6.07) is 4.42. The van der Waals surface area contributed by atoms with E-state index in [1.165, 1.54) is 18.2 Å². The van der Waals surface area contributed by atoms with E-state index in [-0.39, 0.29) is 12.1 Å². The number of benzene rings is 1. The molecule has 4 nitrogen and oxygen atoms in total. The molecular formula is C14H13ClF3NO3. The van der Waals surface area contributed by atoms with E-state index in [1.807, 2.05) is 0 Å². The van der Waals surface area contributed by atoms with Gasteiger partial charge in [-0.3, -0.25) is 9.59 Å². The summed E-state index contributed by atoms with van der Waals surface area (Å²) in [5.41, 5.74) is -2.16. The Balaban J connectivity index is 2.29. The second-order valence-corrected chi connectivity index (χ2v) is 5.76. The van der Waals surface area contributed by atoms with E-state index in [9.17, 15) is 22.8 Å². The second kappa shape index (κ2) is 5.46. The Bertz CT molecular complexity index is 632. The van der Waals surface area contributed by atoms with Crippen molar-refractivity contribution < 1.29 is 27.9 Å². The molecule has 0 aromatic heterocycles. The lowest BCUT2D eigenvalue weighted by Gasteiger charge is -2.27. The number of rotatable bonds is 2. The molecule has 1 aromatic rings. The molecule has 0 aliphatic carbocycles. The predicted molar refractivity (Wildman–Crippen MR) is 72.8 cm³/mol. The van der Waals surface area contributed by atoms with Gasteiger partial charge in [-0.15, -0.1) is 0 Å². The fraction of sp³-hybridized carbons (Fsp3) is 0.429. The van der Waals surface area contributed by atoms with Gasteiger partial charge in [0.15, 0.2) is 5.41 Å². The van der Waals surface area contributed by atoms with Gasteiger partial charge in [0.1, 0.15) is 0 Å². The Morgan fingerprint density at radius 2 is 2.00 bits per heavy atom.